The van der Waals surface area contributed by atoms with E-state index in [0.717, 1.165) is 11.3 Å². The molecule has 0 aromatic heterocycles. The van der Waals surface area contributed by atoms with E-state index in [4.69, 9.17) is 18.9 Å². The van der Waals surface area contributed by atoms with Crippen LogP contribution >= 0.6 is 0 Å². The van der Waals surface area contributed by atoms with Crippen LogP contribution in [0.15, 0.2) is 30.4 Å². The molecule has 1 aliphatic heterocycles. The first-order valence-electron chi connectivity index (χ1n) is 6.83. The van der Waals surface area contributed by atoms with Crippen molar-refractivity contribution in [2.45, 2.75) is 31.3 Å². The van der Waals surface area contributed by atoms with Gasteiger partial charge < -0.3 is 24.1 Å². The van der Waals surface area contributed by atoms with Crippen molar-refractivity contribution >= 4 is 0 Å². The Bertz CT molecular complexity index is 513. The summed E-state index contributed by atoms with van der Waals surface area (Å²) in [4.78, 5) is 0. The molecular formula is C16H22O5. The number of rotatable bonds is 5. The molecule has 1 aliphatic rings. The molecule has 116 valence electrons. The van der Waals surface area contributed by atoms with Crippen molar-refractivity contribution in [3.8, 4) is 11.5 Å². The highest BCUT2D eigenvalue weighted by atomic mass is 16.7. The summed E-state index contributed by atoms with van der Waals surface area (Å²) < 4.78 is 21.3. The number of hydrogen-bond donors (Lipinski definition) is 1. The van der Waals surface area contributed by atoms with E-state index < -0.39 is 18.0 Å². The van der Waals surface area contributed by atoms with Gasteiger partial charge in [0.05, 0.1) is 20.3 Å². The van der Waals surface area contributed by atoms with Crippen LogP contribution in [-0.4, -0.2) is 44.4 Å². The lowest BCUT2D eigenvalue weighted by Crippen LogP contribution is -2.47. The van der Waals surface area contributed by atoms with Gasteiger partial charge in [-0.05, 0) is 37.3 Å². The minimum Gasteiger partial charge on any atom is -0.497 e. The van der Waals surface area contributed by atoms with Crippen LogP contribution in [0.2, 0.25) is 0 Å². The second-order valence-corrected chi connectivity index (χ2v) is 5.09. The van der Waals surface area contributed by atoms with Gasteiger partial charge in [-0.1, -0.05) is 0 Å². The fourth-order valence-corrected chi connectivity index (χ4v) is 2.41. The molecule has 0 radical (unpaired) electrons. The van der Waals surface area contributed by atoms with Crippen molar-refractivity contribution in [3.05, 3.63) is 35.9 Å². The van der Waals surface area contributed by atoms with Crippen LogP contribution in [0, 0.1) is 0 Å². The molecular weight excluding hydrogens is 272 g/mol. The highest BCUT2D eigenvalue weighted by Gasteiger charge is 2.37. The summed E-state index contributed by atoms with van der Waals surface area (Å²) in [7, 11) is 4.78. The van der Waals surface area contributed by atoms with Crippen LogP contribution in [0.3, 0.4) is 0 Å². The fourth-order valence-electron chi connectivity index (χ4n) is 2.41. The quantitative estimate of drug-likeness (QED) is 0.841. The Balaban J connectivity index is 2.28. The molecule has 2 rings (SSSR count). The third-order valence-corrected chi connectivity index (χ3v) is 3.78. The lowest BCUT2D eigenvalue weighted by molar-refractivity contribution is -0.179. The maximum atomic E-state index is 10.8. The Hall–Kier alpha value is -1.56. The van der Waals surface area contributed by atoms with Gasteiger partial charge >= 0.3 is 0 Å². The minimum atomic E-state index is -1.12. The molecule has 3 atom stereocenters. The van der Waals surface area contributed by atoms with Crippen molar-refractivity contribution in [2.24, 2.45) is 0 Å². The topological polar surface area (TPSA) is 57.2 Å². The maximum Gasteiger partial charge on any atom is 0.177 e. The number of hydrogen-bond acceptors (Lipinski definition) is 5. The van der Waals surface area contributed by atoms with Gasteiger partial charge in [0.2, 0.25) is 0 Å². The molecule has 1 aromatic carbocycles. The van der Waals surface area contributed by atoms with E-state index in [9.17, 15) is 5.11 Å². The van der Waals surface area contributed by atoms with Crippen LogP contribution in [0.1, 0.15) is 12.5 Å². The van der Waals surface area contributed by atoms with Crippen LogP contribution < -0.4 is 9.47 Å². The molecule has 0 spiro atoms. The third-order valence-electron chi connectivity index (χ3n) is 3.78. The number of methoxy groups -OCH3 is 3. The highest BCUT2D eigenvalue weighted by molar-refractivity contribution is 5.42. The first-order chi connectivity index (χ1) is 10.0. The summed E-state index contributed by atoms with van der Waals surface area (Å²) in [6.45, 7) is 1.82. The Morgan fingerprint density at radius 3 is 2.57 bits per heavy atom. The van der Waals surface area contributed by atoms with Gasteiger partial charge in [0.25, 0.3) is 0 Å². The molecule has 0 aliphatic carbocycles. The van der Waals surface area contributed by atoms with Gasteiger partial charge in [-0.2, -0.15) is 0 Å². The molecule has 1 N–H and O–H groups in total. The van der Waals surface area contributed by atoms with Gasteiger partial charge in [0.15, 0.2) is 6.29 Å². The molecule has 0 saturated carbocycles. The van der Waals surface area contributed by atoms with E-state index in [0.29, 0.717) is 12.2 Å². The Kier molecular flexibility index (Phi) is 4.88. The summed E-state index contributed by atoms with van der Waals surface area (Å²) in [5.41, 5.74) is -0.260. The predicted octanol–water partition coefficient (Wildman–Crippen LogP) is 1.92. The van der Waals surface area contributed by atoms with Crippen LogP contribution in [0.25, 0.3) is 0 Å². The van der Waals surface area contributed by atoms with Crippen molar-refractivity contribution in [2.75, 3.05) is 21.3 Å². The average molecular weight is 294 g/mol. The van der Waals surface area contributed by atoms with E-state index in [2.05, 4.69) is 0 Å². The summed E-state index contributed by atoms with van der Waals surface area (Å²) in [5.74, 6) is 1.43. The number of benzene rings is 1. The van der Waals surface area contributed by atoms with Gasteiger partial charge in [-0.25, -0.2) is 0 Å². The molecule has 1 aromatic rings. The summed E-state index contributed by atoms with van der Waals surface area (Å²) in [5, 5.41) is 10.8. The number of aliphatic hydroxyl groups is 1. The van der Waals surface area contributed by atoms with Crippen molar-refractivity contribution in [1.82, 2.24) is 0 Å². The smallest absolute Gasteiger partial charge is 0.177 e. The Morgan fingerprint density at radius 2 is 2.00 bits per heavy atom. The zero-order valence-electron chi connectivity index (χ0n) is 12.8. The normalized spacial score (nSPS) is 28.4. The molecule has 1 heterocycles. The van der Waals surface area contributed by atoms with Gasteiger partial charge in [0, 0.05) is 19.1 Å². The molecule has 0 unspecified atom stereocenters. The zero-order valence-corrected chi connectivity index (χ0v) is 12.8. The second-order valence-electron chi connectivity index (χ2n) is 5.09. The van der Waals surface area contributed by atoms with Crippen molar-refractivity contribution in [3.63, 3.8) is 0 Å². The second kappa shape index (κ2) is 6.47. The summed E-state index contributed by atoms with van der Waals surface area (Å²) in [6, 6.07) is 5.51. The molecule has 5 heteroatoms. The fraction of sp³-hybridized carbons (Fsp3) is 0.500. The largest absolute Gasteiger partial charge is 0.497 e. The van der Waals surface area contributed by atoms with E-state index in [1.165, 1.54) is 0 Å². The first kappa shape index (κ1) is 15.8. The monoisotopic (exact) mass is 294 g/mol. The van der Waals surface area contributed by atoms with Gasteiger partial charge in [-0.3, -0.25) is 0 Å². The van der Waals surface area contributed by atoms with E-state index >= 15 is 0 Å². The van der Waals surface area contributed by atoms with E-state index in [1.807, 2.05) is 25.1 Å². The van der Waals surface area contributed by atoms with Crippen LogP contribution in [0.4, 0.5) is 0 Å². The summed E-state index contributed by atoms with van der Waals surface area (Å²) in [6.07, 6.45) is 2.98. The van der Waals surface area contributed by atoms with Crippen LogP contribution in [-0.2, 0) is 15.9 Å². The molecule has 5 nitrogen and oxygen atoms in total. The molecule has 0 bridgehead atoms. The number of ether oxygens (including phenoxy) is 4. The SMILES string of the molecule is COc1ccc(OC)c(C[C@]2(O)C=C[C@@H](OC)O[C@H]2C)c1. The Morgan fingerprint density at radius 1 is 1.24 bits per heavy atom. The third kappa shape index (κ3) is 3.37. The zero-order chi connectivity index (χ0) is 15.5. The Labute approximate surface area is 125 Å². The van der Waals surface area contributed by atoms with E-state index in [-0.39, 0.29) is 0 Å². The lowest BCUT2D eigenvalue weighted by atomic mass is 9.87. The molecule has 0 amide bonds. The molecule has 21 heavy (non-hydrogen) atoms. The highest BCUT2D eigenvalue weighted by Crippen LogP contribution is 2.32. The predicted molar refractivity (Wildman–Crippen MR) is 78.7 cm³/mol. The van der Waals surface area contributed by atoms with E-state index in [1.54, 1.807) is 33.5 Å². The lowest BCUT2D eigenvalue weighted by Gasteiger charge is -2.37. The van der Waals surface area contributed by atoms with Crippen molar-refractivity contribution in [1.29, 1.82) is 0 Å². The molecule has 0 fully saturated rings. The first-order valence-corrected chi connectivity index (χ1v) is 6.83. The van der Waals surface area contributed by atoms with Gasteiger partial charge in [0.1, 0.15) is 17.1 Å². The van der Waals surface area contributed by atoms with Gasteiger partial charge in [-0.15, -0.1) is 0 Å². The minimum absolute atomic E-state index is 0.363. The standard InChI is InChI=1S/C16H22O5/c1-11-16(17,8-7-15(20-4)21-11)10-12-9-13(18-2)5-6-14(12)19-3/h5-9,11,15,17H,10H2,1-4H3/t11-,15-,16+/m0/s1. The maximum absolute atomic E-state index is 10.8. The van der Waals surface area contributed by atoms with Crippen molar-refractivity contribution < 1.29 is 24.1 Å². The van der Waals surface area contributed by atoms with Crippen LogP contribution in [0.5, 0.6) is 11.5 Å². The summed E-state index contributed by atoms with van der Waals surface area (Å²) >= 11 is 0. The molecule has 0 saturated heterocycles. The average Bonchev–Trinajstić information content (AvgIpc) is 2.50.